The Labute approximate surface area is 120 Å². The maximum Gasteiger partial charge on any atom is 0.160 e. The highest BCUT2D eigenvalue weighted by atomic mass is 35.5. The van der Waals surface area contributed by atoms with E-state index >= 15 is 0 Å². The van der Waals surface area contributed by atoms with Gasteiger partial charge in [0.15, 0.2) is 5.78 Å². The van der Waals surface area contributed by atoms with Crippen LogP contribution in [0.3, 0.4) is 0 Å². The number of rotatable bonds is 2. The zero-order valence-corrected chi connectivity index (χ0v) is 11.9. The van der Waals surface area contributed by atoms with E-state index in [-0.39, 0.29) is 5.78 Å². The Kier molecular flexibility index (Phi) is 3.13. The number of carbonyl (C=O) groups excluding carboxylic acids is 1. The minimum Gasteiger partial charge on any atom is -0.294 e. The number of benzene rings is 2. The highest BCUT2D eigenvalue weighted by molar-refractivity contribution is 7.22. The van der Waals surface area contributed by atoms with Crippen LogP contribution in [0, 0.1) is 0 Å². The molecule has 19 heavy (non-hydrogen) atoms. The number of thiophene rings is 1. The van der Waals surface area contributed by atoms with Gasteiger partial charge in [-0.25, -0.2) is 0 Å². The van der Waals surface area contributed by atoms with E-state index in [2.05, 4.69) is 18.2 Å². The standard InChI is InChI=1S/C16H11ClOS/c1-10(18)12-6-4-7-13(17)16(12)15-9-11-5-2-3-8-14(11)19-15/h2-9H,1H3. The van der Waals surface area contributed by atoms with Crippen LogP contribution in [0.4, 0.5) is 0 Å². The lowest BCUT2D eigenvalue weighted by atomic mass is 10.0. The number of Topliss-reactive ketones (excluding diaryl/α,β-unsaturated/α-hetero) is 1. The van der Waals surface area contributed by atoms with Gasteiger partial charge in [-0.05, 0) is 30.5 Å². The van der Waals surface area contributed by atoms with Crippen molar-refractivity contribution in [3.63, 3.8) is 0 Å². The van der Waals surface area contributed by atoms with Gasteiger partial charge in [-0.2, -0.15) is 0 Å². The number of fused-ring (bicyclic) bond motifs is 1. The molecule has 0 aliphatic carbocycles. The fraction of sp³-hybridized carbons (Fsp3) is 0.0625. The zero-order valence-electron chi connectivity index (χ0n) is 10.3. The van der Waals surface area contributed by atoms with Gasteiger partial charge in [-0.1, -0.05) is 41.9 Å². The van der Waals surface area contributed by atoms with E-state index in [0.717, 1.165) is 10.4 Å². The van der Waals surface area contributed by atoms with Crippen LogP contribution >= 0.6 is 22.9 Å². The molecular formula is C16H11ClOS. The number of hydrogen-bond acceptors (Lipinski definition) is 2. The predicted octanol–water partition coefficient (Wildman–Crippen LogP) is 5.42. The van der Waals surface area contributed by atoms with Crippen LogP contribution < -0.4 is 0 Å². The normalized spacial score (nSPS) is 10.8. The van der Waals surface area contributed by atoms with Gasteiger partial charge in [-0.3, -0.25) is 4.79 Å². The van der Waals surface area contributed by atoms with Gasteiger partial charge in [0.25, 0.3) is 0 Å². The number of carbonyl (C=O) groups is 1. The number of hydrogen-bond donors (Lipinski definition) is 0. The molecule has 0 atom stereocenters. The first-order chi connectivity index (χ1) is 9.16. The van der Waals surface area contributed by atoms with E-state index in [1.54, 1.807) is 18.3 Å². The van der Waals surface area contributed by atoms with Gasteiger partial charge in [-0.15, -0.1) is 11.3 Å². The smallest absolute Gasteiger partial charge is 0.160 e. The fourth-order valence-electron chi connectivity index (χ4n) is 2.17. The maximum atomic E-state index is 11.8. The highest BCUT2D eigenvalue weighted by Gasteiger charge is 2.14. The fourth-order valence-corrected chi connectivity index (χ4v) is 3.64. The van der Waals surface area contributed by atoms with Crippen molar-refractivity contribution in [2.45, 2.75) is 6.92 Å². The highest BCUT2D eigenvalue weighted by Crippen LogP contribution is 2.39. The molecule has 0 spiro atoms. The van der Waals surface area contributed by atoms with E-state index in [1.807, 2.05) is 30.3 Å². The zero-order chi connectivity index (χ0) is 13.4. The van der Waals surface area contributed by atoms with Crippen molar-refractivity contribution in [3.05, 3.63) is 59.1 Å². The molecule has 0 aliphatic heterocycles. The molecular weight excluding hydrogens is 276 g/mol. The molecule has 1 aromatic heterocycles. The monoisotopic (exact) mass is 286 g/mol. The molecule has 0 saturated carbocycles. The van der Waals surface area contributed by atoms with Gasteiger partial charge in [0, 0.05) is 25.7 Å². The average molecular weight is 287 g/mol. The summed E-state index contributed by atoms with van der Waals surface area (Å²) in [5.74, 6) is 0.0370. The molecule has 0 aliphatic rings. The molecule has 0 saturated heterocycles. The molecule has 3 aromatic rings. The topological polar surface area (TPSA) is 17.1 Å². The summed E-state index contributed by atoms with van der Waals surface area (Å²) in [6.07, 6.45) is 0. The molecule has 0 fully saturated rings. The molecule has 1 heterocycles. The summed E-state index contributed by atoms with van der Waals surface area (Å²) >= 11 is 7.95. The number of ketones is 1. The summed E-state index contributed by atoms with van der Waals surface area (Å²) in [6.45, 7) is 1.57. The molecule has 3 rings (SSSR count). The molecule has 94 valence electrons. The molecule has 1 nitrogen and oxygen atoms in total. The van der Waals surface area contributed by atoms with E-state index in [4.69, 9.17) is 11.6 Å². The summed E-state index contributed by atoms with van der Waals surface area (Å²) < 4.78 is 1.20. The quantitative estimate of drug-likeness (QED) is 0.575. The van der Waals surface area contributed by atoms with E-state index in [0.29, 0.717) is 10.6 Å². The molecule has 0 unspecified atom stereocenters. The number of halogens is 1. The van der Waals surface area contributed by atoms with Crippen LogP contribution in [0.1, 0.15) is 17.3 Å². The largest absolute Gasteiger partial charge is 0.294 e. The Hall–Kier alpha value is -1.64. The molecule has 0 N–H and O–H groups in total. The van der Waals surface area contributed by atoms with E-state index < -0.39 is 0 Å². The third-order valence-electron chi connectivity index (χ3n) is 3.06. The van der Waals surface area contributed by atoms with Gasteiger partial charge in [0.1, 0.15) is 0 Å². The SMILES string of the molecule is CC(=O)c1cccc(Cl)c1-c1cc2ccccc2s1. The third kappa shape index (κ3) is 2.18. The van der Waals surface area contributed by atoms with Gasteiger partial charge in [0.05, 0.1) is 0 Å². The lowest BCUT2D eigenvalue weighted by Crippen LogP contribution is -1.95. The van der Waals surface area contributed by atoms with Crippen molar-refractivity contribution in [1.29, 1.82) is 0 Å². The predicted molar refractivity (Wildman–Crippen MR) is 82.3 cm³/mol. The van der Waals surface area contributed by atoms with E-state index in [9.17, 15) is 4.79 Å². The Morgan fingerprint density at radius 2 is 1.89 bits per heavy atom. The van der Waals surface area contributed by atoms with Crippen LogP contribution in [-0.4, -0.2) is 5.78 Å². The van der Waals surface area contributed by atoms with Gasteiger partial charge >= 0.3 is 0 Å². The second-order valence-corrected chi connectivity index (χ2v) is 5.86. The minimum atomic E-state index is 0.0370. The first-order valence-corrected chi connectivity index (χ1v) is 7.14. The lowest BCUT2D eigenvalue weighted by Gasteiger charge is -2.06. The summed E-state index contributed by atoms with van der Waals surface area (Å²) in [7, 11) is 0. The van der Waals surface area contributed by atoms with Crippen molar-refractivity contribution in [3.8, 4) is 10.4 Å². The first kappa shape index (κ1) is 12.4. The van der Waals surface area contributed by atoms with Crippen LogP contribution in [0.25, 0.3) is 20.5 Å². The second kappa shape index (κ2) is 4.80. The Bertz CT molecular complexity index is 740. The first-order valence-electron chi connectivity index (χ1n) is 5.95. The van der Waals surface area contributed by atoms with Crippen molar-refractivity contribution >= 4 is 38.8 Å². The van der Waals surface area contributed by atoms with Crippen molar-refractivity contribution in [2.24, 2.45) is 0 Å². The molecule has 2 aromatic carbocycles. The van der Waals surface area contributed by atoms with Crippen molar-refractivity contribution < 1.29 is 4.79 Å². The molecule has 0 amide bonds. The van der Waals surface area contributed by atoms with Crippen molar-refractivity contribution in [2.75, 3.05) is 0 Å². The summed E-state index contributed by atoms with van der Waals surface area (Å²) in [6, 6.07) is 15.7. The van der Waals surface area contributed by atoms with Crippen LogP contribution in [0.5, 0.6) is 0 Å². The van der Waals surface area contributed by atoms with Gasteiger partial charge in [0.2, 0.25) is 0 Å². The van der Waals surface area contributed by atoms with Crippen LogP contribution in [0.15, 0.2) is 48.5 Å². The molecule has 0 bridgehead atoms. The Morgan fingerprint density at radius 3 is 2.63 bits per heavy atom. The van der Waals surface area contributed by atoms with Crippen LogP contribution in [0.2, 0.25) is 5.02 Å². The molecule has 3 heteroatoms. The summed E-state index contributed by atoms with van der Waals surface area (Å²) in [5, 5.41) is 1.80. The summed E-state index contributed by atoms with van der Waals surface area (Å²) in [5.41, 5.74) is 1.52. The molecule has 0 radical (unpaired) electrons. The Morgan fingerprint density at radius 1 is 1.11 bits per heavy atom. The second-order valence-electron chi connectivity index (χ2n) is 4.37. The van der Waals surface area contributed by atoms with Gasteiger partial charge < -0.3 is 0 Å². The summed E-state index contributed by atoms with van der Waals surface area (Å²) in [4.78, 5) is 12.8. The van der Waals surface area contributed by atoms with Crippen molar-refractivity contribution in [1.82, 2.24) is 0 Å². The lowest BCUT2D eigenvalue weighted by molar-refractivity contribution is 0.101. The van der Waals surface area contributed by atoms with E-state index in [1.165, 1.54) is 10.1 Å². The van der Waals surface area contributed by atoms with Crippen LogP contribution in [-0.2, 0) is 0 Å². The average Bonchev–Trinajstić information content (AvgIpc) is 2.81. The third-order valence-corrected chi connectivity index (χ3v) is 4.51. The Balaban J connectivity index is 2.29. The maximum absolute atomic E-state index is 11.8. The minimum absolute atomic E-state index is 0.0370.